The molecule has 4 nitrogen and oxygen atoms in total. The first-order valence-electron chi connectivity index (χ1n) is 7.09. The Morgan fingerprint density at radius 2 is 2.11 bits per heavy atom. The van der Waals surface area contributed by atoms with E-state index in [1.54, 1.807) is 7.11 Å². The summed E-state index contributed by atoms with van der Waals surface area (Å²) in [4.78, 5) is 12.3. The maximum atomic E-state index is 12.3. The van der Waals surface area contributed by atoms with E-state index in [-0.39, 0.29) is 5.56 Å². The third kappa shape index (κ3) is 5.17. The fourth-order valence-corrected chi connectivity index (χ4v) is 2.05. The second-order valence-corrected chi connectivity index (χ2v) is 4.83. The van der Waals surface area contributed by atoms with Crippen molar-refractivity contribution in [1.29, 1.82) is 0 Å². The van der Waals surface area contributed by atoms with Crippen molar-refractivity contribution in [2.45, 2.75) is 46.2 Å². The molecule has 0 aliphatic rings. The molecule has 0 aliphatic heterocycles. The second-order valence-electron chi connectivity index (χ2n) is 4.83. The molecule has 0 amide bonds. The molecule has 0 spiro atoms. The highest BCUT2D eigenvalue weighted by atomic mass is 16.5. The minimum Gasteiger partial charge on any atom is -0.383 e. The molecule has 1 N–H and O–H groups in total. The molecule has 108 valence electrons. The average molecular weight is 266 g/mol. The zero-order chi connectivity index (χ0) is 14.1. The number of pyridine rings is 1. The van der Waals surface area contributed by atoms with Crippen molar-refractivity contribution in [2.24, 2.45) is 0 Å². The summed E-state index contributed by atoms with van der Waals surface area (Å²) >= 11 is 0. The highest BCUT2D eigenvalue weighted by molar-refractivity contribution is 5.15. The zero-order valence-corrected chi connectivity index (χ0v) is 12.4. The quantitative estimate of drug-likeness (QED) is 0.696. The molecular formula is C15H26N2O2. The van der Waals surface area contributed by atoms with Gasteiger partial charge in [0.25, 0.3) is 5.56 Å². The normalized spacial score (nSPS) is 10.9. The van der Waals surface area contributed by atoms with Gasteiger partial charge in [-0.3, -0.25) is 4.79 Å². The Labute approximate surface area is 115 Å². The second kappa shape index (κ2) is 8.88. The number of aryl methyl sites for hydroxylation is 1. The Balaban J connectivity index is 2.67. The van der Waals surface area contributed by atoms with Gasteiger partial charge in [0.2, 0.25) is 0 Å². The van der Waals surface area contributed by atoms with Gasteiger partial charge >= 0.3 is 0 Å². The van der Waals surface area contributed by atoms with Crippen LogP contribution in [0.3, 0.4) is 0 Å². The summed E-state index contributed by atoms with van der Waals surface area (Å²) in [7, 11) is 1.67. The number of nitrogens with one attached hydrogen (secondary N) is 1. The fraction of sp³-hybridized carbons (Fsp3) is 0.667. The molecule has 1 aromatic heterocycles. The average Bonchev–Trinajstić information content (AvgIpc) is 2.41. The number of hydrogen-bond acceptors (Lipinski definition) is 3. The van der Waals surface area contributed by atoms with Crippen LogP contribution >= 0.6 is 0 Å². The maximum Gasteiger partial charge on any atom is 0.255 e. The molecule has 0 fully saturated rings. The Morgan fingerprint density at radius 3 is 2.79 bits per heavy atom. The van der Waals surface area contributed by atoms with E-state index in [4.69, 9.17) is 4.74 Å². The van der Waals surface area contributed by atoms with Gasteiger partial charge in [-0.1, -0.05) is 25.8 Å². The van der Waals surface area contributed by atoms with Gasteiger partial charge < -0.3 is 14.6 Å². The minimum absolute atomic E-state index is 0.140. The Bertz CT molecular complexity index is 427. The van der Waals surface area contributed by atoms with Crippen LogP contribution in [0.25, 0.3) is 0 Å². The van der Waals surface area contributed by atoms with Crippen LogP contribution in [0.5, 0.6) is 0 Å². The first-order chi connectivity index (χ1) is 9.20. The first kappa shape index (κ1) is 15.9. The van der Waals surface area contributed by atoms with E-state index < -0.39 is 0 Å². The highest BCUT2D eigenvalue weighted by Crippen LogP contribution is 2.02. The molecule has 0 aromatic carbocycles. The number of unbranched alkanes of at least 4 members (excludes halogenated alkanes) is 2. The Kier molecular flexibility index (Phi) is 7.45. The van der Waals surface area contributed by atoms with Gasteiger partial charge in [-0.15, -0.1) is 0 Å². The van der Waals surface area contributed by atoms with Crippen LogP contribution in [0.15, 0.2) is 16.9 Å². The predicted molar refractivity (Wildman–Crippen MR) is 78.5 cm³/mol. The summed E-state index contributed by atoms with van der Waals surface area (Å²) in [5.41, 5.74) is 2.01. The lowest BCUT2D eigenvalue weighted by Crippen LogP contribution is -2.29. The summed E-state index contributed by atoms with van der Waals surface area (Å²) in [5, 5.41) is 3.22. The van der Waals surface area contributed by atoms with Gasteiger partial charge in [-0.05, 0) is 19.4 Å². The van der Waals surface area contributed by atoms with Crippen LogP contribution in [0, 0.1) is 6.92 Å². The van der Waals surface area contributed by atoms with Gasteiger partial charge in [0, 0.05) is 38.0 Å². The molecule has 4 heteroatoms. The first-order valence-corrected chi connectivity index (χ1v) is 7.09. The standard InChI is InChI=1S/C15H26N2O2/c1-4-5-6-10-17-13(2)7-8-14(15(17)18)12-16-9-11-19-3/h7-8,16H,4-6,9-12H2,1-3H3. The third-order valence-corrected chi connectivity index (χ3v) is 3.26. The van der Waals surface area contributed by atoms with Crippen LogP contribution in [0.1, 0.15) is 37.4 Å². The number of hydrogen-bond donors (Lipinski definition) is 1. The molecule has 0 unspecified atom stereocenters. The van der Waals surface area contributed by atoms with Crippen LogP contribution < -0.4 is 10.9 Å². The molecule has 1 rings (SSSR count). The van der Waals surface area contributed by atoms with Gasteiger partial charge in [0.1, 0.15) is 0 Å². The van der Waals surface area contributed by atoms with E-state index in [1.807, 2.05) is 23.6 Å². The summed E-state index contributed by atoms with van der Waals surface area (Å²) in [5.74, 6) is 0. The van der Waals surface area contributed by atoms with Crippen molar-refractivity contribution < 1.29 is 4.74 Å². The van der Waals surface area contributed by atoms with Gasteiger partial charge in [-0.2, -0.15) is 0 Å². The molecule has 19 heavy (non-hydrogen) atoms. The highest BCUT2D eigenvalue weighted by Gasteiger charge is 2.05. The van der Waals surface area contributed by atoms with Gasteiger partial charge in [0.15, 0.2) is 0 Å². The van der Waals surface area contributed by atoms with E-state index in [2.05, 4.69) is 12.2 Å². The third-order valence-electron chi connectivity index (χ3n) is 3.26. The molecule has 0 radical (unpaired) electrons. The number of aromatic nitrogens is 1. The number of ether oxygens (including phenoxy) is 1. The number of nitrogens with zero attached hydrogens (tertiary/aromatic N) is 1. The fourth-order valence-electron chi connectivity index (χ4n) is 2.05. The largest absolute Gasteiger partial charge is 0.383 e. The Hall–Kier alpha value is -1.13. The summed E-state index contributed by atoms with van der Waals surface area (Å²) < 4.78 is 6.86. The molecular weight excluding hydrogens is 240 g/mol. The molecule has 0 bridgehead atoms. The van der Waals surface area contributed by atoms with Crippen molar-refractivity contribution in [1.82, 2.24) is 9.88 Å². The Morgan fingerprint density at radius 1 is 1.32 bits per heavy atom. The molecule has 0 saturated heterocycles. The molecule has 1 aromatic rings. The molecule has 1 heterocycles. The van der Waals surface area contributed by atoms with Crippen LogP contribution in [0.2, 0.25) is 0 Å². The summed E-state index contributed by atoms with van der Waals surface area (Å²) in [6, 6.07) is 3.95. The topological polar surface area (TPSA) is 43.3 Å². The van der Waals surface area contributed by atoms with Crippen molar-refractivity contribution in [3.8, 4) is 0 Å². The van der Waals surface area contributed by atoms with E-state index >= 15 is 0 Å². The van der Waals surface area contributed by atoms with E-state index in [1.165, 1.54) is 12.8 Å². The summed E-state index contributed by atoms with van der Waals surface area (Å²) in [6.45, 7) is 7.03. The predicted octanol–water partition coefficient (Wildman–Crippen LogP) is 2.08. The van der Waals surface area contributed by atoms with Crippen molar-refractivity contribution >= 4 is 0 Å². The van der Waals surface area contributed by atoms with E-state index in [0.29, 0.717) is 13.2 Å². The van der Waals surface area contributed by atoms with Gasteiger partial charge in [0.05, 0.1) is 6.61 Å². The monoisotopic (exact) mass is 266 g/mol. The van der Waals surface area contributed by atoms with Crippen LogP contribution in [-0.4, -0.2) is 24.8 Å². The zero-order valence-electron chi connectivity index (χ0n) is 12.4. The molecule has 0 atom stereocenters. The number of methoxy groups -OCH3 is 1. The van der Waals surface area contributed by atoms with Crippen molar-refractivity contribution in [3.05, 3.63) is 33.7 Å². The lowest BCUT2D eigenvalue weighted by molar-refractivity contribution is 0.199. The van der Waals surface area contributed by atoms with Crippen LogP contribution in [-0.2, 0) is 17.8 Å². The SMILES string of the molecule is CCCCCn1c(C)ccc(CNCCOC)c1=O. The minimum atomic E-state index is 0.140. The van der Waals surface area contributed by atoms with Crippen LogP contribution in [0.4, 0.5) is 0 Å². The lowest BCUT2D eigenvalue weighted by Gasteiger charge is -2.12. The van der Waals surface area contributed by atoms with Crippen molar-refractivity contribution in [3.63, 3.8) is 0 Å². The van der Waals surface area contributed by atoms with E-state index in [9.17, 15) is 4.79 Å². The van der Waals surface area contributed by atoms with Crippen molar-refractivity contribution in [2.75, 3.05) is 20.3 Å². The summed E-state index contributed by atoms with van der Waals surface area (Å²) in [6.07, 6.45) is 3.41. The molecule has 0 saturated carbocycles. The maximum absolute atomic E-state index is 12.3. The molecule has 0 aliphatic carbocycles. The number of rotatable bonds is 9. The van der Waals surface area contributed by atoms with Gasteiger partial charge in [-0.25, -0.2) is 0 Å². The van der Waals surface area contributed by atoms with E-state index in [0.717, 1.165) is 30.8 Å². The smallest absolute Gasteiger partial charge is 0.255 e. The lowest BCUT2D eigenvalue weighted by atomic mass is 10.2.